The molecule has 1 aliphatic rings. The molecule has 0 aromatic heterocycles. The van der Waals surface area contributed by atoms with Crippen LogP contribution in [0.5, 0.6) is 5.75 Å². The summed E-state index contributed by atoms with van der Waals surface area (Å²) < 4.78 is 5.72. The molecule has 0 saturated carbocycles. The third-order valence-electron chi connectivity index (χ3n) is 4.22. The number of amides is 1. The molecule has 1 heterocycles. The number of nitrogens with zero attached hydrogens (tertiary/aromatic N) is 1. The van der Waals surface area contributed by atoms with Gasteiger partial charge in [-0.3, -0.25) is 4.79 Å². The number of nitrogens with one attached hydrogen (secondary N) is 1. The zero-order valence-electron chi connectivity index (χ0n) is 13.8. The van der Waals surface area contributed by atoms with Crippen LogP contribution in [0.3, 0.4) is 0 Å². The molecular weight excluding hydrogens is 335 g/mol. The van der Waals surface area contributed by atoms with Crippen molar-refractivity contribution in [2.45, 2.75) is 32.3 Å². The summed E-state index contributed by atoms with van der Waals surface area (Å²) in [5, 5.41) is 3.72. The zero-order valence-corrected chi connectivity index (χ0v) is 15.3. The van der Waals surface area contributed by atoms with Gasteiger partial charge in [0.15, 0.2) is 6.10 Å². The first kappa shape index (κ1) is 20.1. The molecule has 0 radical (unpaired) electrons. The minimum absolute atomic E-state index is 0. The molecule has 1 aromatic carbocycles. The molecule has 2 rings (SSSR count). The maximum absolute atomic E-state index is 12.5. The van der Waals surface area contributed by atoms with Gasteiger partial charge in [0.25, 0.3) is 5.91 Å². The summed E-state index contributed by atoms with van der Waals surface area (Å²) in [7, 11) is 1.98. The fourth-order valence-corrected chi connectivity index (χ4v) is 3.01. The Hall–Kier alpha value is -0.970. The number of hydrogen-bond acceptors (Lipinski definition) is 3. The monoisotopic (exact) mass is 360 g/mol. The summed E-state index contributed by atoms with van der Waals surface area (Å²) in [6.45, 7) is 4.48. The molecule has 1 saturated heterocycles. The number of benzene rings is 1. The van der Waals surface area contributed by atoms with Crippen molar-refractivity contribution < 1.29 is 9.53 Å². The van der Waals surface area contributed by atoms with Crippen molar-refractivity contribution in [1.29, 1.82) is 0 Å². The number of hydrogen-bond donors (Lipinski definition) is 1. The lowest BCUT2D eigenvalue weighted by Gasteiger charge is -2.33. The molecule has 0 aliphatic carbocycles. The molecule has 0 spiro atoms. The van der Waals surface area contributed by atoms with E-state index in [1.165, 1.54) is 6.42 Å². The third kappa shape index (κ3) is 5.87. The average Bonchev–Trinajstić information content (AvgIpc) is 2.55. The molecule has 130 valence electrons. The fourth-order valence-electron chi connectivity index (χ4n) is 2.83. The minimum Gasteiger partial charge on any atom is -0.479 e. The zero-order chi connectivity index (χ0) is 15.9. The Bertz CT molecular complexity index is 491. The molecular formula is C17H26Cl2N2O2. The van der Waals surface area contributed by atoms with Crippen LogP contribution < -0.4 is 10.1 Å². The molecule has 1 amide bonds. The van der Waals surface area contributed by atoms with Gasteiger partial charge in [-0.05, 0) is 57.8 Å². The Morgan fingerprint density at radius 1 is 1.39 bits per heavy atom. The number of halogens is 2. The Morgan fingerprint density at radius 2 is 2.04 bits per heavy atom. The second-order valence-electron chi connectivity index (χ2n) is 5.85. The van der Waals surface area contributed by atoms with E-state index in [0.29, 0.717) is 10.8 Å². The lowest BCUT2D eigenvalue weighted by atomic mass is 9.93. The number of ether oxygens (including phenoxy) is 1. The van der Waals surface area contributed by atoms with Gasteiger partial charge in [0.05, 0.1) is 5.02 Å². The van der Waals surface area contributed by atoms with E-state index < -0.39 is 6.10 Å². The summed E-state index contributed by atoms with van der Waals surface area (Å²) in [6, 6.07) is 7.25. The Balaban J connectivity index is 0.00000264. The normalized spacial score (nSPS) is 16.6. The lowest BCUT2D eigenvalue weighted by Crippen LogP contribution is -2.45. The van der Waals surface area contributed by atoms with E-state index in [-0.39, 0.29) is 18.3 Å². The van der Waals surface area contributed by atoms with Gasteiger partial charge in [-0.1, -0.05) is 23.7 Å². The fraction of sp³-hybridized carbons (Fsp3) is 0.588. The van der Waals surface area contributed by atoms with Crippen LogP contribution in [0.4, 0.5) is 0 Å². The predicted molar refractivity (Wildman–Crippen MR) is 96.6 cm³/mol. The van der Waals surface area contributed by atoms with Crippen molar-refractivity contribution in [1.82, 2.24) is 10.2 Å². The predicted octanol–water partition coefficient (Wildman–Crippen LogP) is 3.38. The van der Waals surface area contributed by atoms with Crippen LogP contribution in [0.1, 0.15) is 26.2 Å². The first-order valence-electron chi connectivity index (χ1n) is 7.96. The Labute approximate surface area is 149 Å². The summed E-state index contributed by atoms with van der Waals surface area (Å²) in [4.78, 5) is 14.4. The molecule has 6 heteroatoms. The highest BCUT2D eigenvalue weighted by atomic mass is 35.5. The highest BCUT2D eigenvalue weighted by molar-refractivity contribution is 6.32. The third-order valence-corrected chi connectivity index (χ3v) is 4.53. The maximum Gasteiger partial charge on any atom is 0.263 e. The molecule has 4 nitrogen and oxygen atoms in total. The van der Waals surface area contributed by atoms with E-state index in [0.717, 1.165) is 38.4 Å². The van der Waals surface area contributed by atoms with E-state index in [2.05, 4.69) is 5.32 Å². The van der Waals surface area contributed by atoms with Gasteiger partial charge in [0, 0.05) is 13.1 Å². The highest BCUT2D eigenvalue weighted by Crippen LogP contribution is 2.25. The van der Waals surface area contributed by atoms with Crippen LogP contribution in [0, 0.1) is 5.92 Å². The number of piperidine rings is 1. The largest absolute Gasteiger partial charge is 0.479 e. The van der Waals surface area contributed by atoms with Crippen molar-refractivity contribution in [3.8, 4) is 5.75 Å². The van der Waals surface area contributed by atoms with Crippen LogP contribution in [-0.2, 0) is 4.79 Å². The van der Waals surface area contributed by atoms with Gasteiger partial charge in [0.2, 0.25) is 0 Å². The van der Waals surface area contributed by atoms with Crippen molar-refractivity contribution >= 4 is 29.9 Å². The second kappa shape index (κ2) is 10.0. The van der Waals surface area contributed by atoms with Crippen LogP contribution >= 0.6 is 24.0 Å². The van der Waals surface area contributed by atoms with E-state index in [9.17, 15) is 4.79 Å². The SMILES string of the molecule is CNCCC1CCN(C(=O)C(C)Oc2ccccc2Cl)CC1.Cl. The smallest absolute Gasteiger partial charge is 0.263 e. The molecule has 1 unspecified atom stereocenters. The Kier molecular flexibility index (Phi) is 8.74. The summed E-state index contributed by atoms with van der Waals surface area (Å²) in [6.07, 6.45) is 2.83. The number of carbonyl (C=O) groups is 1. The molecule has 1 fully saturated rings. The van der Waals surface area contributed by atoms with Crippen molar-refractivity contribution in [2.75, 3.05) is 26.7 Å². The van der Waals surface area contributed by atoms with E-state index in [1.54, 1.807) is 19.1 Å². The topological polar surface area (TPSA) is 41.6 Å². The molecule has 23 heavy (non-hydrogen) atoms. The van der Waals surface area contributed by atoms with Gasteiger partial charge in [-0.2, -0.15) is 0 Å². The van der Waals surface area contributed by atoms with Gasteiger partial charge >= 0.3 is 0 Å². The molecule has 0 bridgehead atoms. The number of para-hydroxylation sites is 1. The van der Waals surface area contributed by atoms with Crippen molar-refractivity contribution in [3.05, 3.63) is 29.3 Å². The van der Waals surface area contributed by atoms with Crippen LogP contribution in [-0.4, -0.2) is 43.6 Å². The highest BCUT2D eigenvalue weighted by Gasteiger charge is 2.27. The van der Waals surface area contributed by atoms with Crippen molar-refractivity contribution in [3.63, 3.8) is 0 Å². The molecule has 1 aromatic rings. The number of likely N-dealkylation sites (tertiary alicyclic amines) is 1. The minimum atomic E-state index is -0.506. The summed E-state index contributed by atoms with van der Waals surface area (Å²) >= 11 is 6.07. The van der Waals surface area contributed by atoms with Gasteiger partial charge in [-0.25, -0.2) is 0 Å². The maximum atomic E-state index is 12.5. The van der Waals surface area contributed by atoms with Gasteiger partial charge in [0.1, 0.15) is 5.75 Å². The molecule has 1 atom stereocenters. The van der Waals surface area contributed by atoms with Crippen LogP contribution in [0.25, 0.3) is 0 Å². The van der Waals surface area contributed by atoms with Gasteiger partial charge in [-0.15, -0.1) is 12.4 Å². The standard InChI is InChI=1S/C17H25ClN2O2.ClH/c1-13(22-16-6-4-3-5-15(16)18)17(21)20-11-8-14(9-12-20)7-10-19-2;/h3-6,13-14,19H,7-12H2,1-2H3;1H. The quantitative estimate of drug-likeness (QED) is 0.845. The van der Waals surface area contributed by atoms with Crippen molar-refractivity contribution in [2.24, 2.45) is 5.92 Å². The van der Waals surface area contributed by atoms with Gasteiger partial charge < -0.3 is 15.0 Å². The van der Waals surface area contributed by atoms with E-state index >= 15 is 0 Å². The van der Waals surface area contributed by atoms with Crippen LogP contribution in [0.2, 0.25) is 5.02 Å². The van der Waals surface area contributed by atoms with E-state index in [4.69, 9.17) is 16.3 Å². The van der Waals surface area contributed by atoms with E-state index in [1.807, 2.05) is 24.1 Å². The average molecular weight is 361 g/mol. The number of carbonyl (C=O) groups excluding carboxylic acids is 1. The number of rotatable bonds is 6. The van der Waals surface area contributed by atoms with Crippen LogP contribution in [0.15, 0.2) is 24.3 Å². The lowest BCUT2D eigenvalue weighted by molar-refractivity contribution is -0.139. The summed E-state index contributed by atoms with van der Waals surface area (Å²) in [5.41, 5.74) is 0. The Morgan fingerprint density at radius 3 is 2.65 bits per heavy atom. The molecule has 1 N–H and O–H groups in total. The second-order valence-corrected chi connectivity index (χ2v) is 6.26. The first-order chi connectivity index (χ1) is 10.6. The summed E-state index contributed by atoms with van der Waals surface area (Å²) in [5.74, 6) is 1.33. The first-order valence-corrected chi connectivity index (χ1v) is 8.34. The molecule has 1 aliphatic heterocycles.